The number of ether oxygens (including phenoxy) is 1. The molecule has 172 valence electrons. The highest BCUT2D eigenvalue weighted by molar-refractivity contribution is 5.68. The standard InChI is InChI=1S/C26H22F2N4O2/c1-15-20(8-11-23(29-15)34-2)30-26-31-25(33)24(16-6-4-3-5-7-16)22-10-9-21(32(22)26)17-12-18(27)14-19(28)13-17/h3-8,11-14,21H,9-10H2,1-2H3,(H,30,31,33). The molecule has 2 aromatic heterocycles. The molecule has 3 heterocycles. The monoisotopic (exact) mass is 460 g/mol. The van der Waals surface area contributed by atoms with Crippen molar-refractivity contribution in [2.75, 3.05) is 12.4 Å². The topological polar surface area (TPSA) is 69.0 Å². The molecular formula is C26H22F2N4O2. The summed E-state index contributed by atoms with van der Waals surface area (Å²) in [6, 6.07) is 15.9. The number of halogens is 2. The summed E-state index contributed by atoms with van der Waals surface area (Å²) < 4.78 is 35.2. The Morgan fingerprint density at radius 3 is 2.44 bits per heavy atom. The van der Waals surface area contributed by atoms with Gasteiger partial charge in [0.05, 0.1) is 30.1 Å². The van der Waals surface area contributed by atoms with Crippen molar-refractivity contribution >= 4 is 11.6 Å². The normalized spacial score (nSPS) is 14.6. The van der Waals surface area contributed by atoms with Crippen LogP contribution in [0.25, 0.3) is 11.1 Å². The Hall–Kier alpha value is -4.07. The number of pyridine rings is 1. The summed E-state index contributed by atoms with van der Waals surface area (Å²) in [4.78, 5) is 21.9. The summed E-state index contributed by atoms with van der Waals surface area (Å²) in [6.45, 7) is 1.81. The lowest BCUT2D eigenvalue weighted by Gasteiger charge is -2.22. The number of methoxy groups -OCH3 is 1. The molecule has 0 amide bonds. The van der Waals surface area contributed by atoms with Gasteiger partial charge in [0.15, 0.2) is 0 Å². The molecule has 0 fully saturated rings. The lowest BCUT2D eigenvalue weighted by molar-refractivity contribution is 0.397. The second kappa shape index (κ2) is 8.70. The molecule has 6 nitrogen and oxygen atoms in total. The maximum absolute atomic E-state index is 14.1. The molecule has 34 heavy (non-hydrogen) atoms. The Balaban J connectivity index is 1.70. The van der Waals surface area contributed by atoms with Gasteiger partial charge < -0.3 is 14.6 Å². The van der Waals surface area contributed by atoms with Crippen LogP contribution in [0.15, 0.2) is 65.5 Å². The molecule has 5 rings (SSSR count). The van der Waals surface area contributed by atoms with Gasteiger partial charge in [-0.1, -0.05) is 30.3 Å². The first kappa shape index (κ1) is 21.8. The number of nitrogens with one attached hydrogen (secondary N) is 1. The van der Waals surface area contributed by atoms with Crippen LogP contribution in [0, 0.1) is 18.6 Å². The van der Waals surface area contributed by atoms with E-state index in [1.54, 1.807) is 12.1 Å². The third-order valence-electron chi connectivity index (χ3n) is 6.04. The first-order chi connectivity index (χ1) is 16.4. The van der Waals surface area contributed by atoms with Gasteiger partial charge in [-0.2, -0.15) is 4.98 Å². The average molecular weight is 460 g/mol. The molecule has 1 aliphatic rings. The Bertz CT molecular complexity index is 1420. The fourth-order valence-electron chi connectivity index (χ4n) is 4.53. The number of benzene rings is 2. The number of anilines is 2. The number of hydrogen-bond acceptors (Lipinski definition) is 5. The quantitative estimate of drug-likeness (QED) is 0.445. The number of aryl methyl sites for hydroxylation is 1. The molecule has 1 unspecified atom stereocenters. The van der Waals surface area contributed by atoms with Crippen LogP contribution < -0.4 is 15.6 Å². The van der Waals surface area contributed by atoms with Crippen molar-refractivity contribution in [3.63, 3.8) is 0 Å². The molecule has 2 aromatic carbocycles. The molecule has 0 radical (unpaired) electrons. The van der Waals surface area contributed by atoms with E-state index < -0.39 is 17.7 Å². The number of fused-ring (bicyclic) bond motifs is 1. The van der Waals surface area contributed by atoms with Crippen LogP contribution in [0.2, 0.25) is 0 Å². The van der Waals surface area contributed by atoms with Gasteiger partial charge in [0.2, 0.25) is 11.8 Å². The molecule has 0 saturated carbocycles. The predicted molar refractivity (Wildman–Crippen MR) is 126 cm³/mol. The van der Waals surface area contributed by atoms with E-state index in [0.717, 1.165) is 17.3 Å². The van der Waals surface area contributed by atoms with E-state index in [9.17, 15) is 13.6 Å². The van der Waals surface area contributed by atoms with Crippen LogP contribution in [-0.4, -0.2) is 21.6 Å². The minimum absolute atomic E-state index is 0.293. The molecule has 8 heteroatoms. The van der Waals surface area contributed by atoms with Crippen molar-refractivity contribution in [2.24, 2.45) is 0 Å². The van der Waals surface area contributed by atoms with Gasteiger partial charge in [-0.15, -0.1) is 0 Å². The van der Waals surface area contributed by atoms with E-state index in [1.807, 2.05) is 41.8 Å². The predicted octanol–water partition coefficient (Wildman–Crippen LogP) is 5.18. The third-order valence-corrected chi connectivity index (χ3v) is 6.04. The summed E-state index contributed by atoms with van der Waals surface area (Å²) in [5.41, 5.74) is 3.42. The van der Waals surface area contributed by atoms with E-state index in [1.165, 1.54) is 19.2 Å². The Morgan fingerprint density at radius 1 is 1.03 bits per heavy atom. The Labute approximate surface area is 194 Å². The fourth-order valence-corrected chi connectivity index (χ4v) is 4.53. The highest BCUT2D eigenvalue weighted by atomic mass is 19.1. The van der Waals surface area contributed by atoms with Gasteiger partial charge >= 0.3 is 0 Å². The van der Waals surface area contributed by atoms with Crippen molar-refractivity contribution in [3.8, 4) is 17.0 Å². The molecule has 1 N–H and O–H groups in total. The summed E-state index contributed by atoms with van der Waals surface area (Å²) in [7, 11) is 1.54. The van der Waals surface area contributed by atoms with Crippen LogP contribution in [0.1, 0.15) is 29.4 Å². The van der Waals surface area contributed by atoms with Crippen LogP contribution in [0.5, 0.6) is 5.88 Å². The molecule has 1 atom stereocenters. The van der Waals surface area contributed by atoms with E-state index >= 15 is 0 Å². The summed E-state index contributed by atoms with van der Waals surface area (Å²) in [6.07, 6.45) is 1.13. The van der Waals surface area contributed by atoms with E-state index in [-0.39, 0.29) is 5.56 Å². The minimum Gasteiger partial charge on any atom is -0.481 e. The number of nitrogens with zero attached hydrogens (tertiary/aromatic N) is 3. The van der Waals surface area contributed by atoms with Crippen molar-refractivity contribution in [3.05, 3.63) is 99.6 Å². The van der Waals surface area contributed by atoms with Gasteiger partial charge in [0.1, 0.15) is 11.6 Å². The van der Waals surface area contributed by atoms with Crippen LogP contribution in [0.4, 0.5) is 20.4 Å². The zero-order chi connectivity index (χ0) is 23.8. The van der Waals surface area contributed by atoms with E-state index in [2.05, 4.69) is 15.3 Å². The number of hydrogen-bond donors (Lipinski definition) is 1. The summed E-state index contributed by atoms with van der Waals surface area (Å²) in [5.74, 6) is -0.538. The number of rotatable bonds is 5. The highest BCUT2D eigenvalue weighted by Gasteiger charge is 2.31. The lowest BCUT2D eigenvalue weighted by Crippen LogP contribution is -2.22. The van der Waals surface area contributed by atoms with Crippen LogP contribution in [-0.2, 0) is 6.42 Å². The zero-order valence-electron chi connectivity index (χ0n) is 18.7. The first-order valence-electron chi connectivity index (χ1n) is 10.9. The Morgan fingerprint density at radius 2 is 1.76 bits per heavy atom. The van der Waals surface area contributed by atoms with Crippen molar-refractivity contribution in [1.82, 2.24) is 14.5 Å². The van der Waals surface area contributed by atoms with Crippen molar-refractivity contribution in [2.45, 2.75) is 25.8 Å². The molecule has 1 aliphatic heterocycles. The molecule has 0 spiro atoms. The second-order valence-electron chi connectivity index (χ2n) is 8.17. The van der Waals surface area contributed by atoms with Gasteiger partial charge in [0, 0.05) is 17.8 Å². The Kier molecular flexibility index (Phi) is 5.57. The van der Waals surface area contributed by atoms with Gasteiger partial charge in [-0.3, -0.25) is 4.79 Å². The van der Waals surface area contributed by atoms with Gasteiger partial charge in [0.25, 0.3) is 5.56 Å². The SMILES string of the molecule is COc1ccc(Nc2nc(=O)c(-c3ccccc3)c3n2C(c2cc(F)cc(F)c2)CC3)c(C)n1. The lowest BCUT2D eigenvalue weighted by atomic mass is 10.0. The smallest absolute Gasteiger partial charge is 0.282 e. The minimum atomic E-state index is -0.648. The molecule has 0 bridgehead atoms. The fraction of sp³-hybridized carbons (Fsp3) is 0.192. The summed E-state index contributed by atoms with van der Waals surface area (Å²) in [5, 5.41) is 3.22. The average Bonchev–Trinajstić information content (AvgIpc) is 3.25. The number of aromatic nitrogens is 3. The molecule has 4 aromatic rings. The maximum Gasteiger partial charge on any atom is 0.282 e. The zero-order valence-corrected chi connectivity index (χ0v) is 18.7. The third kappa shape index (κ3) is 3.91. The van der Waals surface area contributed by atoms with E-state index in [4.69, 9.17) is 4.74 Å². The van der Waals surface area contributed by atoms with Crippen molar-refractivity contribution in [1.29, 1.82) is 0 Å². The first-order valence-corrected chi connectivity index (χ1v) is 10.9. The van der Waals surface area contributed by atoms with E-state index in [0.29, 0.717) is 47.2 Å². The highest BCUT2D eigenvalue weighted by Crippen LogP contribution is 2.39. The maximum atomic E-state index is 14.1. The van der Waals surface area contributed by atoms with Gasteiger partial charge in [-0.25, -0.2) is 13.8 Å². The molecular weight excluding hydrogens is 438 g/mol. The van der Waals surface area contributed by atoms with Gasteiger partial charge in [-0.05, 0) is 49.1 Å². The molecule has 0 saturated heterocycles. The summed E-state index contributed by atoms with van der Waals surface area (Å²) >= 11 is 0. The van der Waals surface area contributed by atoms with Crippen LogP contribution in [0.3, 0.4) is 0 Å². The van der Waals surface area contributed by atoms with Crippen LogP contribution >= 0.6 is 0 Å². The second-order valence-corrected chi connectivity index (χ2v) is 8.17. The van der Waals surface area contributed by atoms with Crippen molar-refractivity contribution < 1.29 is 13.5 Å². The largest absolute Gasteiger partial charge is 0.481 e. The molecule has 0 aliphatic carbocycles.